The molecule has 4 rings (SSSR count). The first kappa shape index (κ1) is 26.1. The first-order valence-electron chi connectivity index (χ1n) is 11.0. The van der Waals surface area contributed by atoms with Gasteiger partial charge in [-0.3, -0.25) is 19.8 Å². The van der Waals surface area contributed by atoms with E-state index in [1.165, 1.54) is 23.9 Å². The lowest BCUT2D eigenvalue weighted by atomic mass is 10.1. The number of thiocarbonyl (C=S) groups is 1. The van der Waals surface area contributed by atoms with Crippen molar-refractivity contribution in [3.05, 3.63) is 102 Å². The number of nitrogens with zero attached hydrogens (tertiary/aromatic N) is 2. The molecule has 0 unspecified atom stereocenters. The molecule has 0 spiro atoms. The predicted octanol–water partition coefficient (Wildman–Crippen LogP) is 6.58. The molecule has 1 amide bonds. The van der Waals surface area contributed by atoms with Crippen molar-refractivity contribution in [2.24, 2.45) is 0 Å². The van der Waals surface area contributed by atoms with E-state index < -0.39 is 4.92 Å². The Morgan fingerprint density at radius 3 is 2.47 bits per heavy atom. The number of benzene rings is 3. The molecule has 3 aromatic carbocycles. The molecule has 0 atom stereocenters. The summed E-state index contributed by atoms with van der Waals surface area (Å²) in [7, 11) is 0. The van der Waals surface area contributed by atoms with E-state index in [9.17, 15) is 14.9 Å². The second-order valence-electron chi connectivity index (χ2n) is 7.73. The first-order chi connectivity index (χ1) is 17.4. The summed E-state index contributed by atoms with van der Waals surface area (Å²) in [5.41, 5.74) is 2.63. The van der Waals surface area contributed by atoms with E-state index in [4.69, 9.17) is 21.7 Å². The summed E-state index contributed by atoms with van der Waals surface area (Å²) in [4.78, 5) is 25.7. The van der Waals surface area contributed by atoms with Crippen LogP contribution in [0.15, 0.2) is 71.6 Å². The SMILES string of the molecule is CCOc1cc(/C=C2\SC(=S)N(Cc3ccccc3)C2=O)cc(I)c1OCc1ccc([N+](=O)[O-])cc1. The quantitative estimate of drug-likeness (QED) is 0.0867. The number of amides is 1. The summed E-state index contributed by atoms with van der Waals surface area (Å²) in [6, 6.07) is 19.7. The normalized spacial score (nSPS) is 14.4. The number of ether oxygens (including phenoxy) is 2. The van der Waals surface area contributed by atoms with Crippen LogP contribution >= 0.6 is 46.6 Å². The minimum atomic E-state index is -0.436. The molecule has 0 radical (unpaired) electrons. The second kappa shape index (κ2) is 11.8. The number of nitro groups is 1. The molecule has 184 valence electrons. The van der Waals surface area contributed by atoms with Crippen LogP contribution in [-0.2, 0) is 17.9 Å². The van der Waals surface area contributed by atoms with E-state index in [1.54, 1.807) is 17.0 Å². The van der Waals surface area contributed by atoms with Crippen LogP contribution in [0.1, 0.15) is 23.6 Å². The smallest absolute Gasteiger partial charge is 0.269 e. The van der Waals surface area contributed by atoms with Crippen LogP contribution in [0.3, 0.4) is 0 Å². The van der Waals surface area contributed by atoms with Crippen LogP contribution in [0.5, 0.6) is 11.5 Å². The fourth-order valence-corrected chi connectivity index (χ4v) is 5.53. The van der Waals surface area contributed by atoms with Gasteiger partial charge in [0.2, 0.25) is 0 Å². The van der Waals surface area contributed by atoms with Crippen molar-refractivity contribution in [3.8, 4) is 11.5 Å². The van der Waals surface area contributed by atoms with Crippen molar-refractivity contribution in [2.45, 2.75) is 20.1 Å². The summed E-state index contributed by atoms with van der Waals surface area (Å²) in [6.45, 7) is 2.98. The highest BCUT2D eigenvalue weighted by molar-refractivity contribution is 14.1. The molecular weight excluding hydrogens is 611 g/mol. The Hall–Kier alpha value is -2.96. The van der Waals surface area contributed by atoms with Gasteiger partial charge in [0.25, 0.3) is 11.6 Å². The number of carbonyl (C=O) groups excluding carboxylic acids is 1. The van der Waals surface area contributed by atoms with E-state index >= 15 is 0 Å². The predicted molar refractivity (Wildman–Crippen MR) is 153 cm³/mol. The summed E-state index contributed by atoms with van der Waals surface area (Å²) < 4.78 is 13.2. The van der Waals surface area contributed by atoms with E-state index in [1.807, 2.05) is 55.5 Å². The van der Waals surface area contributed by atoms with Crippen LogP contribution in [-0.4, -0.2) is 26.7 Å². The fourth-order valence-electron chi connectivity index (χ4n) is 3.50. The van der Waals surface area contributed by atoms with Gasteiger partial charge in [-0.25, -0.2) is 0 Å². The van der Waals surface area contributed by atoms with Gasteiger partial charge < -0.3 is 9.47 Å². The van der Waals surface area contributed by atoms with Crippen LogP contribution in [0.25, 0.3) is 6.08 Å². The molecule has 1 aliphatic heterocycles. The van der Waals surface area contributed by atoms with Crippen LogP contribution in [0, 0.1) is 13.7 Å². The average molecular weight is 633 g/mol. The van der Waals surface area contributed by atoms with Gasteiger partial charge in [0.15, 0.2) is 11.5 Å². The van der Waals surface area contributed by atoms with Crippen LogP contribution < -0.4 is 9.47 Å². The van der Waals surface area contributed by atoms with Gasteiger partial charge in [-0.05, 0) is 76.5 Å². The highest BCUT2D eigenvalue weighted by atomic mass is 127. The largest absolute Gasteiger partial charge is 0.490 e. The van der Waals surface area contributed by atoms with Crippen molar-refractivity contribution in [1.82, 2.24) is 4.90 Å². The zero-order valence-corrected chi connectivity index (χ0v) is 23.0. The Bertz CT molecular complexity index is 1330. The van der Waals surface area contributed by atoms with Gasteiger partial charge in [0.1, 0.15) is 10.9 Å². The van der Waals surface area contributed by atoms with Gasteiger partial charge >= 0.3 is 0 Å². The topological polar surface area (TPSA) is 81.9 Å². The third-order valence-corrected chi connectivity index (χ3v) is 7.40. The number of non-ortho nitro benzene ring substituents is 1. The summed E-state index contributed by atoms with van der Waals surface area (Å²) >= 11 is 8.92. The lowest BCUT2D eigenvalue weighted by Gasteiger charge is -2.15. The molecule has 0 aromatic heterocycles. The monoisotopic (exact) mass is 632 g/mol. The Balaban J connectivity index is 1.53. The van der Waals surface area contributed by atoms with Crippen molar-refractivity contribution in [3.63, 3.8) is 0 Å². The molecular formula is C26H21IN2O5S2. The molecule has 0 aliphatic carbocycles. The summed E-state index contributed by atoms with van der Waals surface area (Å²) in [5, 5.41) is 10.9. The number of carbonyl (C=O) groups is 1. The van der Waals surface area contributed by atoms with Crippen molar-refractivity contribution >= 4 is 68.6 Å². The van der Waals surface area contributed by atoms with E-state index in [-0.39, 0.29) is 18.2 Å². The minimum absolute atomic E-state index is 0.0295. The van der Waals surface area contributed by atoms with Gasteiger partial charge in [-0.2, -0.15) is 0 Å². The second-order valence-corrected chi connectivity index (χ2v) is 10.6. The summed E-state index contributed by atoms with van der Waals surface area (Å²) in [5.74, 6) is 1.00. The summed E-state index contributed by atoms with van der Waals surface area (Å²) in [6.07, 6.45) is 1.81. The van der Waals surface area contributed by atoms with Crippen molar-refractivity contribution in [1.29, 1.82) is 0 Å². The molecule has 1 fully saturated rings. The fraction of sp³-hybridized carbons (Fsp3) is 0.154. The van der Waals surface area contributed by atoms with Gasteiger partial charge in [0.05, 0.1) is 26.6 Å². The third-order valence-electron chi connectivity index (χ3n) is 5.22. The Kier molecular flexibility index (Phi) is 8.60. The number of thioether (sulfide) groups is 1. The van der Waals surface area contributed by atoms with Crippen molar-refractivity contribution in [2.75, 3.05) is 6.61 Å². The Morgan fingerprint density at radius 1 is 1.08 bits per heavy atom. The van der Waals surface area contributed by atoms with E-state index in [0.29, 0.717) is 33.9 Å². The molecule has 1 aliphatic rings. The average Bonchev–Trinajstić information content (AvgIpc) is 3.12. The zero-order chi connectivity index (χ0) is 25.7. The molecule has 1 heterocycles. The highest BCUT2D eigenvalue weighted by Crippen LogP contribution is 2.38. The zero-order valence-electron chi connectivity index (χ0n) is 19.2. The van der Waals surface area contributed by atoms with Gasteiger partial charge in [-0.1, -0.05) is 54.3 Å². The van der Waals surface area contributed by atoms with Crippen molar-refractivity contribution < 1.29 is 19.2 Å². The molecule has 0 N–H and O–H groups in total. The maximum absolute atomic E-state index is 13.1. The lowest BCUT2D eigenvalue weighted by molar-refractivity contribution is -0.384. The molecule has 7 nitrogen and oxygen atoms in total. The molecule has 0 saturated carbocycles. The molecule has 3 aromatic rings. The number of hydrogen-bond acceptors (Lipinski definition) is 7. The number of halogens is 1. The third kappa shape index (κ3) is 6.23. The molecule has 0 bridgehead atoms. The number of rotatable bonds is 9. The lowest BCUT2D eigenvalue weighted by Crippen LogP contribution is -2.27. The van der Waals surface area contributed by atoms with Crippen LogP contribution in [0.4, 0.5) is 5.69 Å². The number of hydrogen-bond donors (Lipinski definition) is 0. The molecule has 10 heteroatoms. The standard InChI is InChI=1S/C26H21IN2O5S2/c1-2-33-22-13-19(12-21(27)24(22)34-16-18-8-10-20(11-9-18)29(31)32)14-23-25(30)28(26(35)36-23)15-17-6-4-3-5-7-17/h3-14H,2,15-16H2,1H3/b23-14-. The Morgan fingerprint density at radius 2 is 1.81 bits per heavy atom. The Labute approximate surface area is 231 Å². The maximum atomic E-state index is 13.1. The number of nitro benzene ring substituents is 1. The van der Waals surface area contributed by atoms with E-state index in [0.717, 1.165) is 20.3 Å². The molecule has 36 heavy (non-hydrogen) atoms. The van der Waals surface area contributed by atoms with E-state index in [2.05, 4.69) is 22.6 Å². The first-order valence-corrected chi connectivity index (χ1v) is 13.3. The molecule has 1 saturated heterocycles. The minimum Gasteiger partial charge on any atom is -0.490 e. The van der Waals surface area contributed by atoms with Crippen LogP contribution in [0.2, 0.25) is 0 Å². The van der Waals surface area contributed by atoms with Gasteiger partial charge in [0, 0.05) is 12.1 Å². The maximum Gasteiger partial charge on any atom is 0.269 e. The van der Waals surface area contributed by atoms with Gasteiger partial charge in [-0.15, -0.1) is 0 Å². The highest BCUT2D eigenvalue weighted by Gasteiger charge is 2.32.